The molecule has 0 aliphatic carbocycles. The summed E-state index contributed by atoms with van der Waals surface area (Å²) in [6.45, 7) is 0. The normalized spacial score (nSPS) is 12.9. The Balaban J connectivity index is 3.40. The third-order valence-electron chi connectivity index (χ3n) is 0.316. The molecular formula is C2H6NO3P. The van der Waals surface area contributed by atoms with Crippen LogP contribution in [0.15, 0.2) is 0 Å². The van der Waals surface area contributed by atoms with Crippen LogP contribution >= 0.6 is 7.94 Å². The Morgan fingerprint density at radius 1 is 1.43 bits per heavy atom. The van der Waals surface area contributed by atoms with Crippen molar-refractivity contribution in [2.75, 3.05) is 6.16 Å². The van der Waals surface area contributed by atoms with Gasteiger partial charge in [0.25, 0.3) is 0 Å². The molecule has 0 spiro atoms. The summed E-state index contributed by atoms with van der Waals surface area (Å²) in [5.41, 5.74) is 0. The van der Waals surface area contributed by atoms with Gasteiger partial charge in [-0.2, -0.15) is 0 Å². The minimum absolute atomic E-state index is 0.549. The van der Waals surface area contributed by atoms with E-state index in [4.69, 9.17) is 19.9 Å². The summed E-state index contributed by atoms with van der Waals surface area (Å²) in [6.07, 6.45) is -0.549. The number of hydrogen-bond acceptors (Lipinski definition) is 4. The first-order valence-electron chi connectivity index (χ1n) is 1.60. The van der Waals surface area contributed by atoms with Gasteiger partial charge < -0.3 is 0 Å². The summed E-state index contributed by atoms with van der Waals surface area (Å²) in [5, 5.41) is 7.71. The molecule has 0 saturated heterocycles. The van der Waals surface area contributed by atoms with Crippen LogP contribution in [0.4, 0.5) is 0 Å². The molecule has 0 unspecified atom stereocenters. The fourth-order valence-electron chi connectivity index (χ4n) is 0.106. The number of nitrogens with zero attached hydrogens (tertiary/aromatic N) is 1. The van der Waals surface area contributed by atoms with E-state index in [-0.39, 0.29) is 0 Å². The van der Waals surface area contributed by atoms with Crippen molar-refractivity contribution in [2.45, 2.75) is 0 Å². The molecule has 0 aromatic heterocycles. The topological polar surface area (TPSA) is 84.5 Å². The monoisotopic (exact) mass is 123 g/mol. The van der Waals surface area contributed by atoms with Crippen LogP contribution in [-0.2, 0) is 0 Å². The van der Waals surface area contributed by atoms with Crippen molar-refractivity contribution < 1.29 is 14.7 Å². The Morgan fingerprint density at radius 3 is 1.86 bits per heavy atom. The molecule has 4 nitrogen and oxygen atoms in total. The van der Waals surface area contributed by atoms with Gasteiger partial charge in [0.15, 0.2) is 0 Å². The maximum absolute atomic E-state index is 8.05. The molecule has 0 fully saturated rings. The van der Waals surface area contributed by atoms with Gasteiger partial charge in [-0.05, 0) is 0 Å². The van der Waals surface area contributed by atoms with Gasteiger partial charge in [0.2, 0.25) is 0 Å². The molecule has 7 heavy (non-hydrogen) atoms. The predicted molar refractivity (Wildman–Crippen MR) is 25.5 cm³/mol. The van der Waals surface area contributed by atoms with E-state index in [2.05, 4.69) is 0 Å². The van der Waals surface area contributed by atoms with Gasteiger partial charge in [0, 0.05) is 0 Å². The van der Waals surface area contributed by atoms with Crippen LogP contribution in [0, 0.1) is 11.3 Å². The van der Waals surface area contributed by atoms with Gasteiger partial charge in [-0.3, -0.25) is 0 Å². The van der Waals surface area contributed by atoms with E-state index in [1.165, 1.54) is 6.07 Å². The van der Waals surface area contributed by atoms with E-state index in [1.807, 2.05) is 0 Å². The predicted octanol–water partition coefficient (Wildman–Crippen LogP) is -1.02. The molecule has 0 aliphatic rings. The first-order chi connectivity index (χ1) is 3.06. The van der Waals surface area contributed by atoms with Gasteiger partial charge >= 0.3 is 40.1 Å². The first kappa shape index (κ1) is 6.80. The summed E-state index contributed by atoms with van der Waals surface area (Å²) in [5.74, 6) is 0. The van der Waals surface area contributed by atoms with Crippen molar-refractivity contribution >= 4 is 7.94 Å². The van der Waals surface area contributed by atoms with E-state index in [0.29, 0.717) is 0 Å². The van der Waals surface area contributed by atoms with Gasteiger partial charge in [0.05, 0.1) is 0 Å². The van der Waals surface area contributed by atoms with Crippen molar-refractivity contribution in [3.8, 4) is 6.07 Å². The molecule has 0 bridgehead atoms. The Labute approximate surface area is 41.2 Å². The molecule has 0 rings (SSSR count). The number of rotatable bonds is 1. The second kappa shape index (κ2) is 2.20. The molecule has 0 aromatic carbocycles. The molecule has 0 saturated carbocycles. The molecule has 0 aliphatic heterocycles. The summed E-state index contributed by atoms with van der Waals surface area (Å²) in [4.78, 5) is 24.1. The molecule has 0 heterocycles. The standard InChI is InChI=1S/C2H6NO3P/c3-1-2-7(4,5)6/h4-7H,2H2. The molecule has 0 amide bonds. The van der Waals surface area contributed by atoms with Crippen LogP contribution < -0.4 is 0 Å². The molecule has 42 valence electrons. The van der Waals surface area contributed by atoms with Crippen LogP contribution in [0.5, 0.6) is 0 Å². The van der Waals surface area contributed by atoms with Crippen LogP contribution in [-0.4, -0.2) is 20.8 Å². The molecule has 0 atom stereocenters. The molecule has 0 aromatic rings. The van der Waals surface area contributed by atoms with E-state index >= 15 is 0 Å². The average molecular weight is 123 g/mol. The molecular weight excluding hydrogens is 117 g/mol. The molecule has 5 heteroatoms. The van der Waals surface area contributed by atoms with Crippen molar-refractivity contribution in [2.24, 2.45) is 0 Å². The summed E-state index contributed by atoms with van der Waals surface area (Å²) < 4.78 is 0. The summed E-state index contributed by atoms with van der Waals surface area (Å²) >= 11 is 0. The molecule has 0 radical (unpaired) electrons. The zero-order valence-corrected chi connectivity index (χ0v) is 4.50. The van der Waals surface area contributed by atoms with Gasteiger partial charge in [-0.25, -0.2) is 0 Å². The SMILES string of the molecule is N#CC[PH](O)(O)O. The van der Waals surface area contributed by atoms with Gasteiger partial charge in [0.1, 0.15) is 0 Å². The second-order valence-electron chi connectivity index (χ2n) is 1.11. The van der Waals surface area contributed by atoms with Crippen molar-refractivity contribution in [1.29, 1.82) is 5.26 Å². The summed E-state index contributed by atoms with van der Waals surface area (Å²) in [7, 11) is -4.02. The second-order valence-corrected chi connectivity index (χ2v) is 3.01. The Morgan fingerprint density at radius 2 is 1.86 bits per heavy atom. The Hall–Kier alpha value is -0.200. The van der Waals surface area contributed by atoms with Crippen LogP contribution in [0.3, 0.4) is 0 Å². The zero-order chi connectivity index (χ0) is 5.91. The maximum atomic E-state index is 8.05. The van der Waals surface area contributed by atoms with Crippen LogP contribution in [0.2, 0.25) is 0 Å². The van der Waals surface area contributed by atoms with Gasteiger partial charge in [-0.15, -0.1) is 0 Å². The van der Waals surface area contributed by atoms with Crippen LogP contribution in [0.25, 0.3) is 0 Å². The third-order valence-corrected chi connectivity index (χ3v) is 0.949. The average Bonchev–Trinajstić information content (AvgIpc) is 1.30. The third kappa shape index (κ3) is 5.80. The molecule has 3 N–H and O–H groups in total. The van der Waals surface area contributed by atoms with E-state index < -0.39 is 14.1 Å². The van der Waals surface area contributed by atoms with E-state index in [9.17, 15) is 0 Å². The summed E-state index contributed by atoms with van der Waals surface area (Å²) in [6, 6.07) is 1.42. The van der Waals surface area contributed by atoms with E-state index in [0.717, 1.165) is 0 Å². The fraction of sp³-hybridized carbons (Fsp3) is 0.500. The Bertz CT molecular complexity index is 90.1. The zero-order valence-electron chi connectivity index (χ0n) is 3.50. The quantitative estimate of drug-likeness (QED) is 0.389. The Kier molecular flexibility index (Phi) is 2.13. The van der Waals surface area contributed by atoms with Crippen molar-refractivity contribution in [1.82, 2.24) is 0 Å². The first-order valence-corrected chi connectivity index (χ1v) is 3.65. The van der Waals surface area contributed by atoms with Gasteiger partial charge in [-0.1, -0.05) is 0 Å². The van der Waals surface area contributed by atoms with Crippen LogP contribution in [0.1, 0.15) is 0 Å². The number of nitriles is 1. The number of hydrogen-bond donors (Lipinski definition) is 3. The fourth-order valence-corrected chi connectivity index (χ4v) is 0.318. The minimum atomic E-state index is -4.02. The van der Waals surface area contributed by atoms with E-state index in [1.54, 1.807) is 0 Å². The van der Waals surface area contributed by atoms with Crippen molar-refractivity contribution in [3.05, 3.63) is 0 Å². The van der Waals surface area contributed by atoms with Crippen molar-refractivity contribution in [3.63, 3.8) is 0 Å².